The second-order valence-electron chi connectivity index (χ2n) is 3.81. The highest BCUT2D eigenvalue weighted by Gasteiger charge is 2.13. The Balaban J connectivity index is 2.31. The zero-order chi connectivity index (χ0) is 12.4. The summed E-state index contributed by atoms with van der Waals surface area (Å²) in [5.74, 6) is -0.310. The van der Waals surface area contributed by atoms with Crippen molar-refractivity contribution in [3.8, 4) is 0 Å². The van der Waals surface area contributed by atoms with E-state index in [0.717, 1.165) is 16.8 Å². The summed E-state index contributed by atoms with van der Waals surface area (Å²) in [6, 6.07) is 5.18. The van der Waals surface area contributed by atoms with Gasteiger partial charge in [-0.2, -0.15) is 0 Å². The number of anilines is 2. The lowest BCUT2D eigenvalue weighted by Gasteiger charge is -2.12. The number of amides is 1. The maximum atomic E-state index is 11.8. The SMILES string of the molecule is Cc1ccc(N)c(C)c1NC(=O)c1ccon1. The molecule has 88 valence electrons. The summed E-state index contributed by atoms with van der Waals surface area (Å²) in [6.07, 6.45) is 1.36. The van der Waals surface area contributed by atoms with E-state index >= 15 is 0 Å². The molecule has 5 nitrogen and oxygen atoms in total. The van der Waals surface area contributed by atoms with Gasteiger partial charge in [0.25, 0.3) is 5.91 Å². The van der Waals surface area contributed by atoms with E-state index in [1.54, 1.807) is 0 Å². The third-order valence-corrected chi connectivity index (χ3v) is 2.62. The van der Waals surface area contributed by atoms with Crippen molar-refractivity contribution in [3.63, 3.8) is 0 Å². The van der Waals surface area contributed by atoms with Crippen LogP contribution in [-0.2, 0) is 0 Å². The third kappa shape index (κ3) is 2.13. The standard InChI is InChI=1S/C12H13N3O2/c1-7-3-4-9(13)8(2)11(7)14-12(16)10-5-6-17-15-10/h3-6H,13H2,1-2H3,(H,14,16). The number of aromatic nitrogens is 1. The first kappa shape index (κ1) is 11.2. The third-order valence-electron chi connectivity index (χ3n) is 2.62. The van der Waals surface area contributed by atoms with Crippen LogP contribution in [0, 0.1) is 13.8 Å². The molecule has 0 saturated carbocycles. The Morgan fingerprint density at radius 3 is 2.76 bits per heavy atom. The van der Waals surface area contributed by atoms with Crippen LogP contribution in [0.25, 0.3) is 0 Å². The Hall–Kier alpha value is -2.30. The molecule has 2 rings (SSSR count). The van der Waals surface area contributed by atoms with Gasteiger partial charge < -0.3 is 15.6 Å². The molecular weight excluding hydrogens is 218 g/mol. The second kappa shape index (κ2) is 4.29. The Bertz CT molecular complexity index is 547. The van der Waals surface area contributed by atoms with Crippen LogP contribution < -0.4 is 11.1 Å². The van der Waals surface area contributed by atoms with Gasteiger partial charge in [-0.3, -0.25) is 4.79 Å². The van der Waals surface area contributed by atoms with Crippen molar-refractivity contribution >= 4 is 17.3 Å². The average molecular weight is 231 g/mol. The zero-order valence-corrected chi connectivity index (χ0v) is 9.65. The van der Waals surface area contributed by atoms with Crippen molar-refractivity contribution in [1.82, 2.24) is 5.16 Å². The van der Waals surface area contributed by atoms with E-state index in [-0.39, 0.29) is 11.6 Å². The maximum absolute atomic E-state index is 11.8. The molecule has 1 heterocycles. The summed E-state index contributed by atoms with van der Waals surface area (Å²) in [6.45, 7) is 3.77. The van der Waals surface area contributed by atoms with E-state index in [9.17, 15) is 4.79 Å². The number of carbonyl (C=O) groups is 1. The minimum Gasteiger partial charge on any atom is -0.398 e. The fraction of sp³-hybridized carbons (Fsp3) is 0.167. The first-order valence-electron chi connectivity index (χ1n) is 5.17. The van der Waals surface area contributed by atoms with Crippen molar-refractivity contribution in [2.24, 2.45) is 0 Å². The maximum Gasteiger partial charge on any atom is 0.277 e. The van der Waals surface area contributed by atoms with Gasteiger partial charge in [-0.05, 0) is 31.0 Å². The van der Waals surface area contributed by atoms with E-state index in [4.69, 9.17) is 5.73 Å². The normalized spacial score (nSPS) is 10.2. The van der Waals surface area contributed by atoms with Gasteiger partial charge >= 0.3 is 0 Å². The Morgan fingerprint density at radius 1 is 1.35 bits per heavy atom. The Labute approximate surface area is 98.6 Å². The predicted octanol–water partition coefficient (Wildman–Crippen LogP) is 2.13. The van der Waals surface area contributed by atoms with Crippen molar-refractivity contribution in [2.45, 2.75) is 13.8 Å². The highest BCUT2D eigenvalue weighted by atomic mass is 16.5. The van der Waals surface area contributed by atoms with Gasteiger partial charge in [-0.25, -0.2) is 0 Å². The van der Waals surface area contributed by atoms with Gasteiger partial charge in [-0.1, -0.05) is 11.2 Å². The molecule has 1 aromatic heterocycles. The van der Waals surface area contributed by atoms with Gasteiger partial charge in [0.05, 0.1) is 0 Å². The van der Waals surface area contributed by atoms with E-state index in [1.807, 2.05) is 26.0 Å². The summed E-state index contributed by atoms with van der Waals surface area (Å²) in [5, 5.41) is 6.36. The van der Waals surface area contributed by atoms with Crippen LogP contribution in [0.4, 0.5) is 11.4 Å². The highest BCUT2D eigenvalue weighted by Crippen LogP contribution is 2.25. The fourth-order valence-electron chi connectivity index (χ4n) is 1.56. The van der Waals surface area contributed by atoms with Gasteiger partial charge in [-0.15, -0.1) is 0 Å². The average Bonchev–Trinajstić information content (AvgIpc) is 2.83. The molecule has 5 heteroatoms. The molecule has 17 heavy (non-hydrogen) atoms. The fourth-order valence-corrected chi connectivity index (χ4v) is 1.56. The number of nitrogen functional groups attached to an aromatic ring is 1. The number of hydrogen-bond donors (Lipinski definition) is 2. The number of nitrogens with one attached hydrogen (secondary N) is 1. The van der Waals surface area contributed by atoms with Crippen LogP contribution in [-0.4, -0.2) is 11.1 Å². The molecule has 3 N–H and O–H groups in total. The number of rotatable bonds is 2. The summed E-state index contributed by atoms with van der Waals surface area (Å²) < 4.78 is 4.62. The van der Waals surface area contributed by atoms with Gasteiger partial charge in [0.15, 0.2) is 5.69 Å². The molecule has 1 amide bonds. The molecule has 1 aromatic carbocycles. The van der Waals surface area contributed by atoms with E-state index in [1.165, 1.54) is 12.3 Å². The van der Waals surface area contributed by atoms with Crippen LogP contribution in [0.3, 0.4) is 0 Å². The van der Waals surface area contributed by atoms with E-state index < -0.39 is 0 Å². The monoisotopic (exact) mass is 231 g/mol. The highest BCUT2D eigenvalue weighted by molar-refractivity contribution is 6.03. The minimum absolute atomic E-state index is 0.242. The van der Waals surface area contributed by atoms with Gasteiger partial charge in [0.1, 0.15) is 6.26 Å². The summed E-state index contributed by atoms with van der Waals surface area (Å²) >= 11 is 0. The number of benzene rings is 1. The summed E-state index contributed by atoms with van der Waals surface area (Å²) in [5.41, 5.74) is 9.21. The van der Waals surface area contributed by atoms with E-state index in [0.29, 0.717) is 5.69 Å². The molecule has 0 unspecified atom stereocenters. The molecule has 0 bridgehead atoms. The number of hydrogen-bond acceptors (Lipinski definition) is 4. The molecule has 0 saturated heterocycles. The molecule has 0 radical (unpaired) electrons. The van der Waals surface area contributed by atoms with Crippen LogP contribution in [0.2, 0.25) is 0 Å². The van der Waals surface area contributed by atoms with Gasteiger partial charge in [0, 0.05) is 17.4 Å². The van der Waals surface area contributed by atoms with Gasteiger partial charge in [0.2, 0.25) is 0 Å². The zero-order valence-electron chi connectivity index (χ0n) is 9.65. The van der Waals surface area contributed by atoms with Crippen LogP contribution >= 0.6 is 0 Å². The van der Waals surface area contributed by atoms with Crippen molar-refractivity contribution in [3.05, 3.63) is 41.3 Å². The lowest BCUT2D eigenvalue weighted by atomic mass is 10.1. The van der Waals surface area contributed by atoms with Crippen LogP contribution in [0.15, 0.2) is 29.0 Å². The number of aryl methyl sites for hydroxylation is 1. The largest absolute Gasteiger partial charge is 0.398 e. The summed E-state index contributed by atoms with van der Waals surface area (Å²) in [7, 11) is 0. The van der Waals surface area contributed by atoms with E-state index in [2.05, 4.69) is 15.0 Å². The molecule has 0 aliphatic rings. The topological polar surface area (TPSA) is 81.1 Å². The lowest BCUT2D eigenvalue weighted by molar-refractivity contribution is 0.101. The Kier molecular flexibility index (Phi) is 2.82. The second-order valence-corrected chi connectivity index (χ2v) is 3.81. The molecule has 0 atom stereocenters. The number of carbonyl (C=O) groups excluding carboxylic acids is 1. The predicted molar refractivity (Wildman–Crippen MR) is 64.8 cm³/mol. The first-order chi connectivity index (χ1) is 8.09. The smallest absolute Gasteiger partial charge is 0.277 e. The molecule has 0 spiro atoms. The molecule has 0 aliphatic carbocycles. The quantitative estimate of drug-likeness (QED) is 0.776. The van der Waals surface area contributed by atoms with Crippen molar-refractivity contribution < 1.29 is 9.32 Å². The molecule has 0 aliphatic heterocycles. The van der Waals surface area contributed by atoms with Crippen LogP contribution in [0.5, 0.6) is 0 Å². The number of nitrogens with two attached hydrogens (primary N) is 1. The molecular formula is C12H13N3O2. The summed E-state index contributed by atoms with van der Waals surface area (Å²) in [4.78, 5) is 11.8. The first-order valence-corrected chi connectivity index (χ1v) is 5.17. The number of nitrogens with zero attached hydrogens (tertiary/aromatic N) is 1. The molecule has 0 fully saturated rings. The lowest BCUT2D eigenvalue weighted by Crippen LogP contribution is -2.14. The van der Waals surface area contributed by atoms with Crippen LogP contribution in [0.1, 0.15) is 21.6 Å². The van der Waals surface area contributed by atoms with Crippen molar-refractivity contribution in [2.75, 3.05) is 11.1 Å². The Morgan fingerprint density at radius 2 is 2.12 bits per heavy atom. The minimum atomic E-state index is -0.310. The molecule has 2 aromatic rings. The van der Waals surface area contributed by atoms with Crippen molar-refractivity contribution in [1.29, 1.82) is 0 Å².